The van der Waals surface area contributed by atoms with Gasteiger partial charge >= 0.3 is 12.1 Å². The van der Waals surface area contributed by atoms with Crippen molar-refractivity contribution < 1.29 is 29.0 Å². The van der Waals surface area contributed by atoms with E-state index in [4.69, 9.17) is 14.6 Å². The number of carbonyl (C=O) groups excluding carboxylic acids is 2. The van der Waals surface area contributed by atoms with Crippen molar-refractivity contribution in [2.45, 2.75) is 51.2 Å². The summed E-state index contributed by atoms with van der Waals surface area (Å²) in [5.74, 6) is -1.60. The van der Waals surface area contributed by atoms with Crippen molar-refractivity contribution in [2.24, 2.45) is 0 Å². The monoisotopic (exact) mass is 468 g/mol. The average Bonchev–Trinajstić information content (AvgIpc) is 3.13. The molecule has 3 N–H and O–H groups in total. The molecule has 0 bridgehead atoms. The summed E-state index contributed by atoms with van der Waals surface area (Å²) in [5.41, 5.74) is 4.40. The highest BCUT2D eigenvalue weighted by Gasteiger charge is 2.29. The van der Waals surface area contributed by atoms with Crippen LogP contribution in [0.3, 0.4) is 0 Å². The Bertz CT molecular complexity index is 961. The van der Waals surface area contributed by atoms with Crippen LogP contribution in [-0.4, -0.2) is 55.0 Å². The van der Waals surface area contributed by atoms with Crippen molar-refractivity contribution in [1.82, 2.24) is 10.6 Å². The lowest BCUT2D eigenvalue weighted by atomic mass is 9.98. The number of hydrogen-bond acceptors (Lipinski definition) is 5. The second-order valence-electron chi connectivity index (χ2n) is 8.52. The zero-order valence-electron chi connectivity index (χ0n) is 19.6. The fourth-order valence-corrected chi connectivity index (χ4v) is 4.04. The topological polar surface area (TPSA) is 114 Å². The SMILES string of the molecule is CC(C)OCCCNC(=O)[C@H](CCC(=O)O)NC(=O)OCC1c2ccccc2-c2ccccc21. The minimum Gasteiger partial charge on any atom is -0.481 e. The lowest BCUT2D eigenvalue weighted by molar-refractivity contribution is -0.137. The van der Waals surface area contributed by atoms with Crippen LogP contribution in [0.5, 0.6) is 0 Å². The Labute approximate surface area is 199 Å². The minimum atomic E-state index is -1.04. The van der Waals surface area contributed by atoms with Gasteiger partial charge in [-0.3, -0.25) is 9.59 Å². The molecule has 0 spiro atoms. The lowest BCUT2D eigenvalue weighted by Gasteiger charge is -2.19. The molecule has 8 nitrogen and oxygen atoms in total. The number of nitrogens with one attached hydrogen (secondary N) is 2. The molecule has 0 fully saturated rings. The van der Waals surface area contributed by atoms with E-state index in [2.05, 4.69) is 10.6 Å². The third-order valence-electron chi connectivity index (χ3n) is 5.67. The number of rotatable bonds is 12. The number of ether oxygens (including phenoxy) is 2. The zero-order chi connectivity index (χ0) is 24.5. The van der Waals surface area contributed by atoms with E-state index in [0.717, 1.165) is 22.3 Å². The van der Waals surface area contributed by atoms with Crippen molar-refractivity contribution in [3.8, 4) is 11.1 Å². The summed E-state index contributed by atoms with van der Waals surface area (Å²) < 4.78 is 10.9. The average molecular weight is 469 g/mol. The van der Waals surface area contributed by atoms with Crippen molar-refractivity contribution in [2.75, 3.05) is 19.8 Å². The number of alkyl carbamates (subject to hydrolysis) is 1. The Morgan fingerprint density at radius 1 is 1.00 bits per heavy atom. The van der Waals surface area contributed by atoms with E-state index in [1.165, 1.54) is 0 Å². The van der Waals surface area contributed by atoms with Crippen LogP contribution in [0.1, 0.15) is 50.2 Å². The first kappa shape index (κ1) is 25.2. The van der Waals surface area contributed by atoms with E-state index < -0.39 is 24.0 Å². The molecule has 1 aliphatic carbocycles. The highest BCUT2D eigenvalue weighted by molar-refractivity contribution is 5.86. The van der Waals surface area contributed by atoms with Gasteiger partial charge in [0.15, 0.2) is 0 Å². The molecular weight excluding hydrogens is 436 g/mol. The van der Waals surface area contributed by atoms with Gasteiger partial charge in [0.2, 0.25) is 5.91 Å². The number of carboxylic acids is 1. The largest absolute Gasteiger partial charge is 0.481 e. The maximum atomic E-state index is 12.6. The van der Waals surface area contributed by atoms with E-state index in [1.807, 2.05) is 62.4 Å². The van der Waals surface area contributed by atoms with Crippen LogP contribution in [0.4, 0.5) is 4.79 Å². The summed E-state index contributed by atoms with van der Waals surface area (Å²) in [5, 5.41) is 14.3. The molecule has 0 unspecified atom stereocenters. The Morgan fingerprint density at radius 2 is 1.62 bits per heavy atom. The molecular formula is C26H32N2O6. The van der Waals surface area contributed by atoms with Gasteiger partial charge < -0.3 is 25.2 Å². The number of benzene rings is 2. The minimum absolute atomic E-state index is 0.0339. The number of carboxylic acid groups (broad SMARTS) is 1. The first-order valence-corrected chi connectivity index (χ1v) is 11.6. The van der Waals surface area contributed by atoms with Gasteiger partial charge in [-0.1, -0.05) is 48.5 Å². The number of aliphatic carboxylic acids is 1. The van der Waals surface area contributed by atoms with Gasteiger partial charge in [-0.05, 0) is 48.9 Å². The smallest absolute Gasteiger partial charge is 0.407 e. The van der Waals surface area contributed by atoms with Crippen LogP contribution >= 0.6 is 0 Å². The Kier molecular flexibility index (Phi) is 9.04. The van der Waals surface area contributed by atoms with Gasteiger partial charge in [-0.25, -0.2) is 4.79 Å². The Hall–Kier alpha value is -3.39. The molecule has 0 aromatic heterocycles. The van der Waals surface area contributed by atoms with Crippen molar-refractivity contribution in [3.05, 3.63) is 59.7 Å². The van der Waals surface area contributed by atoms with Gasteiger partial charge in [0.1, 0.15) is 12.6 Å². The van der Waals surface area contributed by atoms with Gasteiger partial charge in [0.05, 0.1) is 6.10 Å². The predicted octanol–water partition coefficient (Wildman–Crippen LogP) is 3.69. The molecule has 0 aliphatic heterocycles. The molecule has 0 radical (unpaired) electrons. The molecule has 34 heavy (non-hydrogen) atoms. The molecule has 3 rings (SSSR count). The summed E-state index contributed by atoms with van der Waals surface area (Å²) in [6, 6.07) is 15.0. The fraction of sp³-hybridized carbons (Fsp3) is 0.423. The number of fused-ring (bicyclic) bond motifs is 3. The quantitative estimate of drug-likeness (QED) is 0.410. The highest BCUT2D eigenvalue weighted by Crippen LogP contribution is 2.44. The molecule has 8 heteroatoms. The molecule has 182 valence electrons. The molecule has 1 aliphatic rings. The number of amides is 2. The van der Waals surface area contributed by atoms with Crippen molar-refractivity contribution in [1.29, 1.82) is 0 Å². The molecule has 0 saturated carbocycles. The van der Waals surface area contributed by atoms with Gasteiger partial charge in [-0.15, -0.1) is 0 Å². The Balaban J connectivity index is 1.57. The van der Waals surface area contributed by atoms with Crippen molar-refractivity contribution in [3.63, 3.8) is 0 Å². The summed E-state index contributed by atoms with van der Waals surface area (Å²) in [6.45, 7) is 4.83. The number of hydrogen-bond donors (Lipinski definition) is 3. The molecule has 2 aromatic carbocycles. The molecule has 2 aromatic rings. The standard InChI is InChI=1S/C26H32N2O6/c1-17(2)33-15-7-14-27-25(31)23(12-13-24(29)30)28-26(32)34-16-22-20-10-5-3-8-18(20)19-9-4-6-11-21(19)22/h3-6,8-11,17,22-23H,7,12-16H2,1-2H3,(H,27,31)(H,28,32)(H,29,30)/t23-/m0/s1. The normalized spacial score (nSPS) is 13.1. The van der Waals surface area contributed by atoms with E-state index in [0.29, 0.717) is 19.6 Å². The summed E-state index contributed by atoms with van der Waals surface area (Å²) in [7, 11) is 0. The second-order valence-corrected chi connectivity index (χ2v) is 8.52. The maximum absolute atomic E-state index is 12.6. The van der Waals surface area contributed by atoms with Gasteiger partial charge in [0.25, 0.3) is 0 Å². The predicted molar refractivity (Wildman–Crippen MR) is 128 cm³/mol. The molecule has 2 amide bonds. The third kappa shape index (κ3) is 6.81. The van der Waals surface area contributed by atoms with Gasteiger partial charge in [-0.2, -0.15) is 0 Å². The molecule has 0 heterocycles. The first-order valence-electron chi connectivity index (χ1n) is 11.6. The lowest BCUT2D eigenvalue weighted by Crippen LogP contribution is -2.47. The Morgan fingerprint density at radius 3 is 2.21 bits per heavy atom. The van der Waals surface area contributed by atoms with Crippen LogP contribution in [0.2, 0.25) is 0 Å². The van der Waals surface area contributed by atoms with Crippen LogP contribution < -0.4 is 10.6 Å². The van der Waals surface area contributed by atoms with E-state index in [-0.39, 0.29) is 31.5 Å². The second kappa shape index (κ2) is 12.2. The van der Waals surface area contributed by atoms with E-state index in [9.17, 15) is 14.4 Å². The highest BCUT2D eigenvalue weighted by atomic mass is 16.5. The third-order valence-corrected chi connectivity index (χ3v) is 5.67. The maximum Gasteiger partial charge on any atom is 0.407 e. The van der Waals surface area contributed by atoms with Crippen LogP contribution in [0, 0.1) is 0 Å². The summed E-state index contributed by atoms with van der Waals surface area (Å²) in [6.07, 6.45) is -0.322. The molecule has 0 saturated heterocycles. The molecule has 1 atom stereocenters. The van der Waals surface area contributed by atoms with Crippen molar-refractivity contribution >= 4 is 18.0 Å². The first-order chi connectivity index (χ1) is 16.4. The van der Waals surface area contributed by atoms with Gasteiger partial charge in [0, 0.05) is 25.5 Å². The van der Waals surface area contributed by atoms with Crippen LogP contribution in [0.25, 0.3) is 11.1 Å². The van der Waals surface area contributed by atoms with Crippen LogP contribution in [-0.2, 0) is 19.1 Å². The number of carbonyl (C=O) groups is 3. The zero-order valence-corrected chi connectivity index (χ0v) is 19.6. The van der Waals surface area contributed by atoms with E-state index >= 15 is 0 Å². The van der Waals surface area contributed by atoms with Crippen LogP contribution in [0.15, 0.2) is 48.5 Å². The van der Waals surface area contributed by atoms with E-state index in [1.54, 1.807) is 0 Å². The summed E-state index contributed by atoms with van der Waals surface area (Å²) in [4.78, 5) is 36.1. The fourth-order valence-electron chi connectivity index (χ4n) is 4.04. The summed E-state index contributed by atoms with van der Waals surface area (Å²) >= 11 is 0.